The largest absolute Gasteiger partial charge is 0.495 e. The van der Waals surface area contributed by atoms with Crippen LogP contribution in [0.4, 0.5) is 0 Å². The predicted molar refractivity (Wildman–Crippen MR) is 186 cm³/mol. The van der Waals surface area contributed by atoms with Crippen molar-refractivity contribution in [3.05, 3.63) is 76.3 Å². The van der Waals surface area contributed by atoms with Crippen molar-refractivity contribution in [1.29, 1.82) is 0 Å². The topological polar surface area (TPSA) is 150 Å². The molecule has 2 N–H and O–H groups in total. The minimum absolute atomic E-state index is 0.00113. The van der Waals surface area contributed by atoms with Crippen LogP contribution in [0.3, 0.4) is 0 Å². The molecule has 2 aromatic rings. The number of halogens is 1. The van der Waals surface area contributed by atoms with Gasteiger partial charge < -0.3 is 34.4 Å². The molecule has 11 nitrogen and oxygen atoms in total. The number of methoxy groups -OCH3 is 1. The number of esters is 2. The molecule has 1 saturated heterocycles. The van der Waals surface area contributed by atoms with Gasteiger partial charge in [-0.2, -0.15) is 0 Å². The summed E-state index contributed by atoms with van der Waals surface area (Å²) in [7, 11) is 1.50. The van der Waals surface area contributed by atoms with Crippen LogP contribution in [-0.4, -0.2) is 68.0 Å². The Hall–Kier alpha value is -4.22. The number of rotatable bonds is 10. The van der Waals surface area contributed by atoms with Gasteiger partial charge in [-0.15, -0.1) is 0 Å². The fraction of sp³-hybridized carbons (Fsp3) is 0.500. The van der Waals surface area contributed by atoms with Crippen molar-refractivity contribution in [2.24, 2.45) is 17.3 Å². The summed E-state index contributed by atoms with van der Waals surface area (Å²) < 4.78 is 23.1. The molecule has 12 heteroatoms. The van der Waals surface area contributed by atoms with Gasteiger partial charge in [0.1, 0.15) is 30.3 Å². The van der Waals surface area contributed by atoms with Crippen molar-refractivity contribution in [3.63, 3.8) is 0 Å². The monoisotopic (exact) mass is 710 g/mol. The first-order valence-corrected chi connectivity index (χ1v) is 17.3. The summed E-state index contributed by atoms with van der Waals surface area (Å²) in [5.41, 5.74) is 1.29. The van der Waals surface area contributed by atoms with Crippen LogP contribution in [0.15, 0.2) is 54.6 Å². The molecule has 2 aromatic carbocycles. The van der Waals surface area contributed by atoms with Gasteiger partial charge in [-0.05, 0) is 61.1 Å². The minimum atomic E-state index is -1.22. The molecule has 2 aliphatic heterocycles. The molecule has 0 spiro atoms. The standard InChI is InChI=1S/C38H47ClN2O9/c1-22(2)18-31-36(45)48-29(23(3)33-34(50-33)26-13-10-24(11-14-26)16-17-42)8-7-9-32(43)41-28(20-25-12-15-30(47-6)27(39)19-25)35(44)40-21-38(4,5)37(46)49-31/h7,9-15,17,19,22-23,28-29,31,33-34H,8,16,18,20-21H2,1-6H3,(H,40,44)(H,41,43)/b9-7+/t23-,28+,29-,31-,33+,34+/m0/s1. The average molecular weight is 711 g/mol. The molecule has 0 bridgehead atoms. The third kappa shape index (κ3) is 10.4. The van der Waals surface area contributed by atoms with Gasteiger partial charge in [-0.3, -0.25) is 14.4 Å². The maximum absolute atomic E-state index is 13.6. The molecule has 2 heterocycles. The van der Waals surface area contributed by atoms with Crippen LogP contribution in [0, 0.1) is 17.3 Å². The zero-order chi connectivity index (χ0) is 36.6. The zero-order valence-corrected chi connectivity index (χ0v) is 30.2. The number of hydrogen-bond acceptors (Lipinski definition) is 9. The van der Waals surface area contributed by atoms with Crippen molar-refractivity contribution in [3.8, 4) is 5.75 Å². The van der Waals surface area contributed by atoms with Gasteiger partial charge >= 0.3 is 11.9 Å². The second kappa shape index (κ2) is 17.1. The number of ether oxygens (including phenoxy) is 4. The minimum Gasteiger partial charge on any atom is -0.495 e. The molecule has 6 atom stereocenters. The Labute approximate surface area is 298 Å². The summed E-state index contributed by atoms with van der Waals surface area (Å²) in [6.07, 6.45) is 2.15. The number of hydrogen-bond donors (Lipinski definition) is 2. The molecule has 4 rings (SSSR count). The lowest BCUT2D eigenvalue weighted by Gasteiger charge is -2.29. The first-order chi connectivity index (χ1) is 23.7. The Bertz CT molecular complexity index is 1570. The van der Waals surface area contributed by atoms with E-state index in [4.69, 9.17) is 30.5 Å². The van der Waals surface area contributed by atoms with E-state index in [-0.39, 0.29) is 49.9 Å². The van der Waals surface area contributed by atoms with Crippen LogP contribution in [0.1, 0.15) is 70.3 Å². The number of amides is 2. The molecule has 0 unspecified atom stereocenters. The maximum Gasteiger partial charge on any atom is 0.347 e. The van der Waals surface area contributed by atoms with E-state index in [0.717, 1.165) is 17.4 Å². The van der Waals surface area contributed by atoms with E-state index in [2.05, 4.69) is 10.6 Å². The highest BCUT2D eigenvalue weighted by molar-refractivity contribution is 6.32. The van der Waals surface area contributed by atoms with Crippen molar-refractivity contribution >= 4 is 41.6 Å². The fourth-order valence-corrected chi connectivity index (χ4v) is 6.04. The molecule has 0 saturated carbocycles. The number of benzene rings is 2. The summed E-state index contributed by atoms with van der Waals surface area (Å²) >= 11 is 6.32. The highest BCUT2D eigenvalue weighted by Gasteiger charge is 2.48. The van der Waals surface area contributed by atoms with Crippen LogP contribution in [0.5, 0.6) is 5.75 Å². The summed E-state index contributed by atoms with van der Waals surface area (Å²) in [6.45, 7) is 8.82. The molecular weight excluding hydrogens is 664 g/mol. The van der Waals surface area contributed by atoms with Gasteiger partial charge in [-0.25, -0.2) is 4.79 Å². The van der Waals surface area contributed by atoms with E-state index in [9.17, 15) is 24.0 Å². The van der Waals surface area contributed by atoms with Crippen molar-refractivity contribution in [2.45, 2.75) is 90.8 Å². The summed E-state index contributed by atoms with van der Waals surface area (Å²) in [6, 6.07) is 11.7. The van der Waals surface area contributed by atoms with Crippen LogP contribution < -0.4 is 15.4 Å². The lowest BCUT2D eigenvalue weighted by molar-refractivity contribution is -0.179. The molecule has 0 aliphatic carbocycles. The Morgan fingerprint density at radius 2 is 1.72 bits per heavy atom. The lowest BCUT2D eigenvalue weighted by Crippen LogP contribution is -2.51. The number of epoxide rings is 1. The smallest absolute Gasteiger partial charge is 0.347 e. The van der Waals surface area contributed by atoms with Crippen LogP contribution in [0.2, 0.25) is 5.02 Å². The summed E-state index contributed by atoms with van der Waals surface area (Å²) in [5.74, 6) is -2.24. The molecule has 270 valence electrons. The van der Waals surface area contributed by atoms with E-state index in [1.807, 2.05) is 45.0 Å². The van der Waals surface area contributed by atoms with Crippen LogP contribution in [0.25, 0.3) is 0 Å². The number of carbonyl (C=O) groups excluding carboxylic acids is 5. The Balaban J connectivity index is 1.60. The third-order valence-electron chi connectivity index (χ3n) is 8.91. The molecule has 2 aliphatic rings. The Morgan fingerprint density at radius 3 is 2.36 bits per heavy atom. The van der Waals surface area contributed by atoms with Gasteiger partial charge in [0.25, 0.3) is 0 Å². The van der Waals surface area contributed by atoms with Crippen molar-refractivity contribution in [1.82, 2.24) is 10.6 Å². The van der Waals surface area contributed by atoms with Gasteiger partial charge in [0.2, 0.25) is 11.8 Å². The predicted octanol–water partition coefficient (Wildman–Crippen LogP) is 4.87. The number of nitrogens with one attached hydrogen (secondary N) is 2. The van der Waals surface area contributed by atoms with Gasteiger partial charge in [0.15, 0.2) is 6.10 Å². The first-order valence-electron chi connectivity index (χ1n) is 16.9. The Morgan fingerprint density at radius 1 is 1.02 bits per heavy atom. The molecule has 0 aromatic heterocycles. The van der Waals surface area contributed by atoms with Crippen molar-refractivity contribution < 1.29 is 42.9 Å². The van der Waals surface area contributed by atoms with Gasteiger partial charge in [0.05, 0.1) is 23.7 Å². The van der Waals surface area contributed by atoms with Gasteiger partial charge in [0, 0.05) is 31.7 Å². The van der Waals surface area contributed by atoms with Crippen molar-refractivity contribution in [2.75, 3.05) is 13.7 Å². The van der Waals surface area contributed by atoms with E-state index in [0.29, 0.717) is 22.8 Å². The number of cyclic esters (lactones) is 2. The molecule has 50 heavy (non-hydrogen) atoms. The molecule has 2 amide bonds. The summed E-state index contributed by atoms with van der Waals surface area (Å²) in [4.78, 5) is 64.7. The van der Waals surface area contributed by atoms with Crippen LogP contribution in [-0.2, 0) is 51.0 Å². The SMILES string of the molecule is COc1ccc(C[C@H]2NC(=O)/C=C/C[C@@H]([C@H](C)[C@H]3O[C@@H]3c3ccc(CC=O)cc3)OC(=O)[C@H](CC(C)C)OC(=O)C(C)(C)CNC2=O)cc1Cl. The van der Waals surface area contributed by atoms with E-state index in [1.54, 1.807) is 38.1 Å². The second-order valence-corrected chi connectivity index (χ2v) is 14.4. The number of carbonyl (C=O) groups is 5. The average Bonchev–Trinajstić information content (AvgIpc) is 3.87. The van der Waals surface area contributed by atoms with E-state index in [1.165, 1.54) is 13.2 Å². The second-order valence-electron chi connectivity index (χ2n) is 14.0. The Kier molecular flexibility index (Phi) is 13.2. The van der Waals surface area contributed by atoms with Gasteiger partial charge in [-0.1, -0.05) is 68.8 Å². The van der Waals surface area contributed by atoms with Crippen LogP contribution >= 0.6 is 11.6 Å². The highest BCUT2D eigenvalue weighted by atomic mass is 35.5. The summed E-state index contributed by atoms with van der Waals surface area (Å²) in [5, 5.41) is 5.88. The maximum atomic E-state index is 13.6. The zero-order valence-electron chi connectivity index (χ0n) is 29.4. The van der Waals surface area contributed by atoms with E-state index >= 15 is 0 Å². The third-order valence-corrected chi connectivity index (χ3v) is 9.20. The molecule has 0 radical (unpaired) electrons. The lowest BCUT2D eigenvalue weighted by atomic mass is 9.92. The quantitative estimate of drug-likeness (QED) is 0.200. The molecular formula is C38H47ClN2O9. The normalized spacial score (nSPS) is 25.8. The molecule has 1 fully saturated rings. The fourth-order valence-electron chi connectivity index (χ4n) is 5.76. The first kappa shape index (κ1) is 38.6. The van der Waals surface area contributed by atoms with E-state index < -0.39 is 47.4 Å². The highest BCUT2D eigenvalue weighted by Crippen LogP contribution is 2.45. The number of aldehydes is 1.